The number of pyridine rings is 1. The summed E-state index contributed by atoms with van der Waals surface area (Å²) in [5.74, 6) is -0.441. The summed E-state index contributed by atoms with van der Waals surface area (Å²) in [7, 11) is 0. The smallest absolute Gasteiger partial charge is 0.225 e. The van der Waals surface area contributed by atoms with E-state index in [1.165, 1.54) is 12.1 Å². The zero-order chi connectivity index (χ0) is 26.3. The molecule has 0 N–H and O–H groups in total. The molecule has 0 unspecified atom stereocenters. The summed E-state index contributed by atoms with van der Waals surface area (Å²) < 4.78 is 41.0. The number of nitrogens with zero attached hydrogens (tertiary/aromatic N) is 4. The average molecular weight is 517 g/mol. The van der Waals surface area contributed by atoms with E-state index in [-0.39, 0.29) is 18.3 Å². The average Bonchev–Trinajstić information content (AvgIpc) is 2.97. The predicted molar refractivity (Wildman–Crippen MR) is 142 cm³/mol. The van der Waals surface area contributed by atoms with Gasteiger partial charge in [0.25, 0.3) is 0 Å². The highest BCUT2D eigenvalue weighted by molar-refractivity contribution is 5.64. The van der Waals surface area contributed by atoms with Gasteiger partial charge in [0.2, 0.25) is 11.8 Å². The summed E-state index contributed by atoms with van der Waals surface area (Å²) in [6.07, 6.45) is 7.84. The summed E-state index contributed by atoms with van der Waals surface area (Å²) >= 11 is 0. The Morgan fingerprint density at radius 2 is 1.53 bits per heavy atom. The van der Waals surface area contributed by atoms with E-state index in [0.717, 1.165) is 49.4 Å². The lowest BCUT2D eigenvalue weighted by Crippen LogP contribution is -2.36. The third-order valence-electron chi connectivity index (χ3n) is 6.76. The Hall–Kier alpha value is -4.07. The number of hydrogen-bond acceptors (Lipinski definition) is 6. The SMILES string of the molecule is CCc1cnc(N2CCC(COc3c(F)cc(-c4ccc(OCc5ccccc5)nc4)cc3F)CC2)nc1. The van der Waals surface area contributed by atoms with Crippen molar-refractivity contribution in [1.29, 1.82) is 0 Å². The van der Waals surface area contributed by atoms with Gasteiger partial charge in [-0.2, -0.15) is 0 Å². The van der Waals surface area contributed by atoms with Crippen molar-refractivity contribution in [3.05, 3.63) is 95.9 Å². The van der Waals surface area contributed by atoms with E-state index >= 15 is 0 Å². The molecule has 38 heavy (non-hydrogen) atoms. The van der Waals surface area contributed by atoms with E-state index in [9.17, 15) is 8.78 Å². The molecule has 3 heterocycles. The van der Waals surface area contributed by atoms with Gasteiger partial charge in [0.1, 0.15) is 6.61 Å². The van der Waals surface area contributed by atoms with E-state index < -0.39 is 11.6 Å². The second-order valence-electron chi connectivity index (χ2n) is 9.41. The Bertz CT molecular complexity index is 1300. The zero-order valence-electron chi connectivity index (χ0n) is 21.3. The molecule has 2 aromatic carbocycles. The molecular weight excluding hydrogens is 486 g/mol. The number of halogens is 2. The van der Waals surface area contributed by atoms with E-state index in [1.54, 1.807) is 18.3 Å². The van der Waals surface area contributed by atoms with Gasteiger partial charge in [0.15, 0.2) is 17.4 Å². The fourth-order valence-corrected chi connectivity index (χ4v) is 4.43. The molecule has 0 saturated carbocycles. The largest absolute Gasteiger partial charge is 0.487 e. The molecule has 0 atom stereocenters. The van der Waals surface area contributed by atoms with E-state index in [1.807, 2.05) is 42.7 Å². The maximum Gasteiger partial charge on any atom is 0.225 e. The Labute approximate surface area is 221 Å². The fraction of sp³-hybridized carbons (Fsp3) is 0.300. The van der Waals surface area contributed by atoms with Crippen LogP contribution in [0.4, 0.5) is 14.7 Å². The van der Waals surface area contributed by atoms with Crippen LogP contribution in [0.1, 0.15) is 30.9 Å². The highest BCUT2D eigenvalue weighted by Gasteiger charge is 2.23. The molecule has 0 aliphatic carbocycles. The van der Waals surface area contributed by atoms with Crippen LogP contribution in [0.15, 0.2) is 73.2 Å². The number of rotatable bonds is 9. The summed E-state index contributed by atoms with van der Waals surface area (Å²) in [4.78, 5) is 15.3. The molecule has 0 amide bonds. The van der Waals surface area contributed by atoms with Gasteiger partial charge in [0.05, 0.1) is 6.61 Å². The Morgan fingerprint density at radius 3 is 2.16 bits per heavy atom. The molecule has 6 nitrogen and oxygen atoms in total. The zero-order valence-corrected chi connectivity index (χ0v) is 21.3. The van der Waals surface area contributed by atoms with Gasteiger partial charge in [-0.05, 0) is 60.1 Å². The fourth-order valence-electron chi connectivity index (χ4n) is 4.43. The van der Waals surface area contributed by atoms with E-state index in [4.69, 9.17) is 9.47 Å². The van der Waals surface area contributed by atoms with Crippen LogP contribution in [-0.4, -0.2) is 34.6 Å². The van der Waals surface area contributed by atoms with Gasteiger partial charge < -0.3 is 14.4 Å². The van der Waals surface area contributed by atoms with Crippen LogP contribution < -0.4 is 14.4 Å². The maximum atomic E-state index is 14.8. The summed E-state index contributed by atoms with van der Waals surface area (Å²) in [6.45, 7) is 4.27. The summed E-state index contributed by atoms with van der Waals surface area (Å²) in [5, 5.41) is 0. The third kappa shape index (κ3) is 6.25. The first-order valence-electron chi connectivity index (χ1n) is 12.9. The van der Waals surface area contributed by atoms with Crippen molar-refractivity contribution >= 4 is 5.95 Å². The number of aryl methyl sites for hydroxylation is 1. The Balaban J connectivity index is 1.15. The van der Waals surface area contributed by atoms with Crippen LogP contribution in [0.25, 0.3) is 11.1 Å². The van der Waals surface area contributed by atoms with Crippen molar-refractivity contribution < 1.29 is 18.3 Å². The molecule has 0 bridgehead atoms. The van der Waals surface area contributed by atoms with Gasteiger partial charge in [-0.15, -0.1) is 0 Å². The van der Waals surface area contributed by atoms with Gasteiger partial charge in [-0.25, -0.2) is 23.7 Å². The highest BCUT2D eigenvalue weighted by Crippen LogP contribution is 2.30. The van der Waals surface area contributed by atoms with Crippen molar-refractivity contribution in [3.8, 4) is 22.8 Å². The predicted octanol–water partition coefficient (Wildman–Crippen LogP) is 6.25. The molecule has 196 valence electrons. The molecule has 2 aromatic heterocycles. The highest BCUT2D eigenvalue weighted by atomic mass is 19.1. The van der Waals surface area contributed by atoms with Crippen molar-refractivity contribution in [2.24, 2.45) is 5.92 Å². The topological polar surface area (TPSA) is 60.4 Å². The maximum absolute atomic E-state index is 14.8. The number of benzene rings is 2. The lowest BCUT2D eigenvalue weighted by atomic mass is 9.98. The Morgan fingerprint density at radius 1 is 0.816 bits per heavy atom. The lowest BCUT2D eigenvalue weighted by Gasteiger charge is -2.31. The monoisotopic (exact) mass is 516 g/mol. The standard InChI is InChI=1S/C30H30F2N4O2/c1-2-21-16-34-30(35-17-21)36-12-10-23(11-13-36)20-38-29-26(31)14-25(15-27(29)32)24-8-9-28(33-18-24)37-19-22-6-4-3-5-7-22/h3-9,14-18,23H,2,10-13,19-20H2,1H3. The van der Waals surface area contributed by atoms with Gasteiger partial charge in [-0.1, -0.05) is 37.3 Å². The number of aromatic nitrogens is 3. The second-order valence-corrected chi connectivity index (χ2v) is 9.41. The molecule has 8 heteroatoms. The lowest BCUT2D eigenvalue weighted by molar-refractivity contribution is 0.207. The van der Waals surface area contributed by atoms with Gasteiger partial charge in [0, 0.05) is 43.3 Å². The molecule has 0 spiro atoms. The minimum atomic E-state index is -0.730. The number of anilines is 1. The van der Waals surface area contributed by atoms with Crippen molar-refractivity contribution in [2.75, 3.05) is 24.6 Å². The second kappa shape index (κ2) is 12.0. The Kier molecular flexibility index (Phi) is 8.06. The molecule has 4 aromatic rings. The van der Waals surface area contributed by atoms with Crippen LogP contribution in [0.5, 0.6) is 11.6 Å². The molecule has 1 aliphatic rings. The van der Waals surface area contributed by atoms with Crippen LogP contribution in [0.3, 0.4) is 0 Å². The molecule has 1 aliphatic heterocycles. The summed E-state index contributed by atoms with van der Waals surface area (Å²) in [5.41, 5.74) is 3.10. The first-order valence-corrected chi connectivity index (χ1v) is 12.9. The van der Waals surface area contributed by atoms with E-state index in [2.05, 4.69) is 26.8 Å². The van der Waals surface area contributed by atoms with Gasteiger partial charge >= 0.3 is 0 Å². The number of ether oxygens (including phenoxy) is 2. The quantitative estimate of drug-likeness (QED) is 0.262. The van der Waals surface area contributed by atoms with E-state index in [0.29, 0.717) is 23.6 Å². The van der Waals surface area contributed by atoms with Crippen molar-refractivity contribution in [2.45, 2.75) is 32.8 Å². The van der Waals surface area contributed by atoms with Crippen LogP contribution in [0.2, 0.25) is 0 Å². The minimum Gasteiger partial charge on any atom is -0.487 e. The van der Waals surface area contributed by atoms with Gasteiger partial charge in [-0.3, -0.25) is 0 Å². The minimum absolute atomic E-state index is 0.201. The number of piperidine rings is 1. The first kappa shape index (κ1) is 25.6. The molecular formula is C30H30F2N4O2. The summed E-state index contributed by atoms with van der Waals surface area (Å²) in [6, 6.07) is 15.7. The first-order chi connectivity index (χ1) is 18.6. The van der Waals surface area contributed by atoms with Crippen molar-refractivity contribution in [1.82, 2.24) is 15.0 Å². The molecule has 0 radical (unpaired) electrons. The number of hydrogen-bond donors (Lipinski definition) is 0. The molecule has 5 rings (SSSR count). The molecule has 1 fully saturated rings. The third-order valence-corrected chi connectivity index (χ3v) is 6.76. The van der Waals surface area contributed by atoms with Crippen LogP contribution in [-0.2, 0) is 13.0 Å². The normalized spacial score (nSPS) is 13.9. The van der Waals surface area contributed by atoms with Crippen LogP contribution in [0, 0.1) is 17.6 Å². The van der Waals surface area contributed by atoms with Crippen LogP contribution >= 0.6 is 0 Å². The van der Waals surface area contributed by atoms with Crippen molar-refractivity contribution in [3.63, 3.8) is 0 Å². The molecule has 1 saturated heterocycles.